The third-order valence-corrected chi connectivity index (χ3v) is 6.34. The summed E-state index contributed by atoms with van der Waals surface area (Å²) in [5.41, 5.74) is 7.61. The number of carboxylic acid groups (broad SMARTS) is 1. The molecule has 1 aliphatic heterocycles. The highest BCUT2D eigenvalue weighted by molar-refractivity contribution is 7.82. The van der Waals surface area contributed by atoms with Gasteiger partial charge in [-0.2, -0.15) is 12.6 Å². The molecule has 10 heteroatoms. The maximum absolute atomic E-state index is 13.3. The van der Waals surface area contributed by atoms with Gasteiger partial charge in [0.2, 0.25) is 0 Å². The quantitative estimate of drug-likeness (QED) is 0.418. The van der Waals surface area contributed by atoms with E-state index < -0.39 is 21.7 Å². The molecule has 0 radical (unpaired) electrons. The molecule has 3 N–H and O–H groups in total. The summed E-state index contributed by atoms with van der Waals surface area (Å²) in [6.45, 7) is 4.48. The smallest absolute Gasteiger partial charge is 0.363 e. The highest BCUT2D eigenvalue weighted by Gasteiger charge is 2.51. The first-order valence-electron chi connectivity index (χ1n) is 10.1. The number of nitrogens with two attached hydrogens (primary N) is 1. The molecular weight excluding hydrogens is 480 g/mol. The number of carbonyl (C=O) groups excluding carboxylic acids is 3. The summed E-state index contributed by atoms with van der Waals surface area (Å²) < 4.78 is 4.80. The number of fused-ring (bicyclic) bond motifs is 1. The van der Waals surface area contributed by atoms with Gasteiger partial charge in [0.1, 0.15) is 23.3 Å². The SMILES string of the molecule is CC(=O)[C@@H](S)C(N)C(=O)O.COc1ccc2c(c1)C=C(C)[N@+]2(C(C)=O)C(=O)c1ccc(Cl)cc1. The van der Waals surface area contributed by atoms with E-state index in [1.54, 1.807) is 50.4 Å². The number of carbonyl (C=O) groups is 4. The van der Waals surface area contributed by atoms with Crippen LogP contribution in [0.4, 0.5) is 5.69 Å². The molecule has 0 aliphatic carbocycles. The third-order valence-electron chi connectivity index (χ3n) is 5.40. The molecule has 0 spiro atoms. The van der Waals surface area contributed by atoms with Crippen molar-refractivity contribution in [2.45, 2.75) is 32.1 Å². The number of halogens is 1. The summed E-state index contributed by atoms with van der Waals surface area (Å²) in [7, 11) is 1.58. The minimum Gasteiger partial charge on any atom is -0.497 e. The highest BCUT2D eigenvalue weighted by Crippen LogP contribution is 2.43. The van der Waals surface area contributed by atoms with Crippen molar-refractivity contribution >= 4 is 59.6 Å². The van der Waals surface area contributed by atoms with Crippen LogP contribution in [0.5, 0.6) is 5.75 Å². The van der Waals surface area contributed by atoms with E-state index in [2.05, 4.69) is 12.6 Å². The molecule has 0 fully saturated rings. The molecule has 0 saturated carbocycles. The molecule has 2 aromatic carbocycles. The highest BCUT2D eigenvalue weighted by atomic mass is 35.5. The molecule has 1 heterocycles. The average molecular weight is 506 g/mol. The Morgan fingerprint density at radius 1 is 1.09 bits per heavy atom. The molecule has 3 rings (SSSR count). The van der Waals surface area contributed by atoms with Gasteiger partial charge in [0.15, 0.2) is 5.69 Å². The molecule has 34 heavy (non-hydrogen) atoms. The molecule has 0 saturated heterocycles. The first kappa shape index (κ1) is 27.3. The van der Waals surface area contributed by atoms with Gasteiger partial charge < -0.3 is 15.6 Å². The molecule has 3 atom stereocenters. The number of aliphatic carboxylic acids is 1. The van der Waals surface area contributed by atoms with Crippen molar-refractivity contribution in [3.63, 3.8) is 0 Å². The summed E-state index contributed by atoms with van der Waals surface area (Å²) in [5, 5.41) is 7.91. The summed E-state index contributed by atoms with van der Waals surface area (Å²) >= 11 is 9.61. The van der Waals surface area contributed by atoms with Crippen LogP contribution in [0.25, 0.3) is 6.08 Å². The maximum atomic E-state index is 13.3. The number of hydrogen-bond acceptors (Lipinski definition) is 7. The van der Waals surface area contributed by atoms with Crippen molar-refractivity contribution in [3.8, 4) is 5.75 Å². The summed E-state index contributed by atoms with van der Waals surface area (Å²) in [5.74, 6) is -1.42. The number of hydrogen-bond donors (Lipinski definition) is 3. The molecule has 8 nitrogen and oxygen atoms in total. The minimum atomic E-state index is -1.21. The number of imide groups is 1. The maximum Gasteiger partial charge on any atom is 0.363 e. The van der Waals surface area contributed by atoms with E-state index in [-0.39, 0.29) is 17.6 Å². The van der Waals surface area contributed by atoms with Crippen LogP contribution in [0, 0.1) is 0 Å². The number of carboxylic acids is 1. The Bertz CT molecular complexity index is 1150. The lowest BCUT2D eigenvalue weighted by atomic mass is 10.1. The molecule has 2 amide bonds. The number of ether oxygens (including phenoxy) is 1. The predicted octanol–water partition coefficient (Wildman–Crippen LogP) is 3.70. The Hall–Kier alpha value is -2.98. The van der Waals surface area contributed by atoms with E-state index in [0.29, 0.717) is 27.7 Å². The number of benzene rings is 2. The fourth-order valence-corrected chi connectivity index (χ4v) is 3.85. The lowest BCUT2D eigenvalue weighted by molar-refractivity contribution is -0.139. The molecule has 2 aromatic rings. The van der Waals surface area contributed by atoms with Crippen LogP contribution in [-0.4, -0.2) is 47.1 Å². The Labute approximate surface area is 208 Å². The van der Waals surface area contributed by atoms with Crippen LogP contribution >= 0.6 is 24.2 Å². The minimum absolute atomic E-state index is 0.257. The van der Waals surface area contributed by atoms with Crippen molar-refractivity contribution < 1.29 is 29.0 Å². The first-order valence-corrected chi connectivity index (χ1v) is 11.0. The van der Waals surface area contributed by atoms with Crippen molar-refractivity contribution in [3.05, 3.63) is 64.3 Å². The van der Waals surface area contributed by atoms with Crippen LogP contribution < -0.4 is 15.0 Å². The molecule has 1 unspecified atom stereocenters. The van der Waals surface area contributed by atoms with Crippen LogP contribution in [0.1, 0.15) is 36.7 Å². The van der Waals surface area contributed by atoms with E-state index >= 15 is 0 Å². The van der Waals surface area contributed by atoms with Crippen molar-refractivity contribution in [2.24, 2.45) is 5.73 Å². The lowest BCUT2D eigenvalue weighted by Crippen LogP contribution is -2.54. The van der Waals surface area contributed by atoms with Crippen molar-refractivity contribution in [1.82, 2.24) is 4.48 Å². The monoisotopic (exact) mass is 505 g/mol. The lowest BCUT2D eigenvalue weighted by Gasteiger charge is -2.29. The zero-order valence-corrected chi connectivity index (χ0v) is 20.8. The zero-order chi connectivity index (χ0) is 25.8. The number of allylic oxidation sites excluding steroid dienone is 1. The second kappa shape index (κ2) is 11.0. The fourth-order valence-electron chi connectivity index (χ4n) is 3.60. The number of ketones is 1. The normalized spacial score (nSPS) is 17.9. The predicted molar refractivity (Wildman–Crippen MR) is 134 cm³/mol. The molecule has 0 bridgehead atoms. The van der Waals surface area contributed by atoms with Gasteiger partial charge in [0, 0.05) is 29.7 Å². The standard InChI is InChI=1S/C19H17ClNO3.C5H9NO3S/c1-12-10-15-11-17(24-3)8-9-18(15)21(12,13(2)22)19(23)14-4-6-16(20)7-5-14;1-2(7)4(10)3(6)5(8)9/h4-11H,1-3H3;3-4,10H,6H2,1H3,(H,8,9)/q+1;/t21-;3?,4-/m11/s1. The molecular formula is C24H26ClN2O6S+. The van der Waals surface area contributed by atoms with E-state index in [1.807, 2.05) is 12.1 Å². The Kier molecular flexibility index (Phi) is 8.79. The number of amides is 2. The van der Waals surface area contributed by atoms with Gasteiger partial charge in [-0.25, -0.2) is 9.59 Å². The second-order valence-electron chi connectivity index (χ2n) is 7.63. The Balaban J connectivity index is 0.000000347. The zero-order valence-electron chi connectivity index (χ0n) is 19.1. The Morgan fingerprint density at radius 3 is 2.12 bits per heavy atom. The topological polar surface area (TPSA) is 124 Å². The van der Waals surface area contributed by atoms with Gasteiger partial charge in [0.05, 0.1) is 24.8 Å². The number of quaternary nitrogens is 1. The third kappa shape index (κ3) is 5.23. The molecule has 0 aromatic heterocycles. The number of rotatable bonds is 5. The average Bonchev–Trinajstić information content (AvgIpc) is 3.09. The van der Waals surface area contributed by atoms with Gasteiger partial charge in [-0.05, 0) is 43.3 Å². The number of nitrogens with zero attached hydrogens (tertiary/aromatic N) is 1. The van der Waals surface area contributed by atoms with E-state index in [0.717, 1.165) is 5.56 Å². The number of Topliss-reactive ketones (excluding diaryl/α,β-unsaturated/α-hetero) is 1. The second-order valence-corrected chi connectivity index (χ2v) is 8.62. The summed E-state index contributed by atoms with van der Waals surface area (Å²) in [6.07, 6.45) is 1.85. The van der Waals surface area contributed by atoms with Crippen LogP contribution in [0.15, 0.2) is 48.2 Å². The summed E-state index contributed by atoms with van der Waals surface area (Å²) in [6, 6.07) is 10.7. The number of thiol groups is 1. The van der Waals surface area contributed by atoms with Crippen LogP contribution in [0.2, 0.25) is 5.02 Å². The van der Waals surface area contributed by atoms with Crippen LogP contribution in [-0.2, 0) is 14.4 Å². The first-order chi connectivity index (χ1) is 15.9. The number of methoxy groups -OCH3 is 1. The van der Waals surface area contributed by atoms with Gasteiger partial charge in [-0.15, -0.1) is 4.48 Å². The molecule has 180 valence electrons. The van der Waals surface area contributed by atoms with Crippen molar-refractivity contribution in [2.75, 3.05) is 7.11 Å². The van der Waals surface area contributed by atoms with Crippen LogP contribution in [0.3, 0.4) is 0 Å². The molecule has 1 aliphatic rings. The van der Waals surface area contributed by atoms with E-state index in [4.69, 9.17) is 27.2 Å². The van der Waals surface area contributed by atoms with E-state index in [1.165, 1.54) is 13.8 Å². The summed E-state index contributed by atoms with van der Waals surface area (Å²) in [4.78, 5) is 46.5. The fraction of sp³-hybridized carbons (Fsp3) is 0.250. The van der Waals surface area contributed by atoms with Gasteiger partial charge in [-0.1, -0.05) is 11.6 Å². The van der Waals surface area contributed by atoms with E-state index in [9.17, 15) is 19.2 Å². The van der Waals surface area contributed by atoms with Crippen molar-refractivity contribution in [1.29, 1.82) is 0 Å². The van der Waals surface area contributed by atoms with Gasteiger partial charge in [0.25, 0.3) is 0 Å². The van der Waals surface area contributed by atoms with Gasteiger partial charge in [-0.3, -0.25) is 9.59 Å². The Morgan fingerprint density at radius 2 is 1.68 bits per heavy atom. The largest absolute Gasteiger partial charge is 0.497 e. The van der Waals surface area contributed by atoms with Gasteiger partial charge >= 0.3 is 17.8 Å².